The molecule has 1 aliphatic heterocycles. The first kappa shape index (κ1) is 24.1. The normalized spacial score (nSPS) is 18.4. The summed E-state index contributed by atoms with van der Waals surface area (Å²) >= 11 is 0. The first-order chi connectivity index (χ1) is 12.5. The molecule has 0 radical (unpaired) electrons. The molecule has 0 aliphatic carbocycles. The fourth-order valence-electron chi connectivity index (χ4n) is 3.12. The van der Waals surface area contributed by atoms with Crippen LogP contribution in [0.1, 0.15) is 26.3 Å². The van der Waals surface area contributed by atoms with Gasteiger partial charge >= 0.3 is 0 Å². The molecule has 1 unspecified atom stereocenters. The van der Waals surface area contributed by atoms with Crippen LogP contribution in [0, 0.1) is 0 Å². The second kappa shape index (κ2) is 12.5. The van der Waals surface area contributed by atoms with Gasteiger partial charge in [-0.15, -0.1) is 24.0 Å². The molecule has 0 bridgehead atoms. The summed E-state index contributed by atoms with van der Waals surface area (Å²) in [5.74, 6) is 0.760. The van der Waals surface area contributed by atoms with E-state index in [1.165, 1.54) is 0 Å². The molecule has 1 heterocycles. The number of hydrogen-bond acceptors (Lipinski definition) is 4. The van der Waals surface area contributed by atoms with Crippen molar-refractivity contribution in [2.24, 2.45) is 4.99 Å². The number of halogens is 1. The summed E-state index contributed by atoms with van der Waals surface area (Å²) in [7, 11) is 0. The molecule has 0 spiro atoms. The van der Waals surface area contributed by atoms with Crippen LogP contribution in [0.3, 0.4) is 0 Å². The molecular formula is C20H36IN5O. The lowest BCUT2D eigenvalue weighted by molar-refractivity contribution is 0.0672. The molecule has 27 heavy (non-hydrogen) atoms. The molecule has 6 nitrogen and oxygen atoms in total. The van der Waals surface area contributed by atoms with Gasteiger partial charge in [-0.2, -0.15) is 0 Å². The Labute approximate surface area is 181 Å². The minimum atomic E-state index is -0.972. The average molecular weight is 489 g/mol. The molecule has 0 amide bonds. The molecule has 0 aromatic heterocycles. The number of benzene rings is 1. The van der Waals surface area contributed by atoms with E-state index < -0.39 is 5.60 Å². The van der Waals surface area contributed by atoms with Crippen molar-refractivity contribution in [2.75, 3.05) is 58.9 Å². The van der Waals surface area contributed by atoms with Crippen LogP contribution in [0.5, 0.6) is 0 Å². The lowest BCUT2D eigenvalue weighted by atomic mass is 9.96. The van der Waals surface area contributed by atoms with Crippen LogP contribution in [0.4, 0.5) is 0 Å². The first-order valence-corrected chi connectivity index (χ1v) is 9.80. The van der Waals surface area contributed by atoms with Crippen LogP contribution < -0.4 is 10.6 Å². The van der Waals surface area contributed by atoms with Crippen LogP contribution in [-0.4, -0.2) is 79.8 Å². The standard InChI is InChI=1S/C20H35N5O.HI/c1-4-21-19(22-11-12-25-15-13-24(5-2)14-16-25)23-17-20(3,26)18-9-7-6-8-10-18;/h6-10,26H,4-5,11-17H2,1-3H3,(H2,21,22,23);1H. The van der Waals surface area contributed by atoms with Crippen molar-refractivity contribution in [3.05, 3.63) is 35.9 Å². The minimum absolute atomic E-state index is 0. The van der Waals surface area contributed by atoms with Gasteiger partial charge in [-0.3, -0.25) is 4.90 Å². The van der Waals surface area contributed by atoms with E-state index in [4.69, 9.17) is 0 Å². The quantitative estimate of drug-likeness (QED) is 0.295. The third-order valence-electron chi connectivity index (χ3n) is 4.92. The summed E-state index contributed by atoms with van der Waals surface area (Å²) in [6, 6.07) is 9.71. The van der Waals surface area contributed by atoms with Crippen molar-refractivity contribution in [3.63, 3.8) is 0 Å². The SMILES string of the molecule is CCNC(=NCC(C)(O)c1ccccc1)NCCN1CCN(CC)CC1.I. The summed E-state index contributed by atoms with van der Waals surface area (Å²) < 4.78 is 0. The van der Waals surface area contributed by atoms with E-state index in [1.807, 2.05) is 37.3 Å². The van der Waals surface area contributed by atoms with Crippen molar-refractivity contribution in [2.45, 2.75) is 26.4 Å². The highest BCUT2D eigenvalue weighted by Crippen LogP contribution is 2.20. The number of piperazine rings is 1. The van der Waals surface area contributed by atoms with Gasteiger partial charge in [0, 0.05) is 45.8 Å². The molecular weight excluding hydrogens is 453 g/mol. The minimum Gasteiger partial charge on any atom is -0.384 e. The third kappa shape index (κ3) is 8.33. The number of aliphatic hydroxyl groups is 1. The maximum atomic E-state index is 10.7. The van der Waals surface area contributed by atoms with Gasteiger partial charge in [-0.1, -0.05) is 37.3 Å². The summed E-state index contributed by atoms with van der Waals surface area (Å²) in [6.45, 7) is 14.8. The Morgan fingerprint density at radius 2 is 1.70 bits per heavy atom. The molecule has 1 aromatic carbocycles. The van der Waals surface area contributed by atoms with Gasteiger partial charge in [0.05, 0.1) is 6.54 Å². The van der Waals surface area contributed by atoms with Gasteiger partial charge < -0.3 is 20.6 Å². The fourth-order valence-corrected chi connectivity index (χ4v) is 3.12. The summed E-state index contributed by atoms with van der Waals surface area (Å²) in [4.78, 5) is 9.56. The van der Waals surface area contributed by atoms with Gasteiger partial charge in [0.25, 0.3) is 0 Å². The molecule has 1 aliphatic rings. The third-order valence-corrected chi connectivity index (χ3v) is 4.92. The number of likely N-dealkylation sites (N-methyl/N-ethyl adjacent to an activating group) is 1. The number of hydrogen-bond donors (Lipinski definition) is 3. The van der Waals surface area contributed by atoms with E-state index in [2.05, 4.69) is 39.3 Å². The van der Waals surface area contributed by atoms with E-state index in [0.29, 0.717) is 6.54 Å². The van der Waals surface area contributed by atoms with Crippen molar-refractivity contribution in [1.82, 2.24) is 20.4 Å². The van der Waals surface area contributed by atoms with Crippen molar-refractivity contribution in [3.8, 4) is 0 Å². The zero-order valence-corrected chi connectivity index (χ0v) is 19.3. The largest absolute Gasteiger partial charge is 0.384 e. The summed E-state index contributed by atoms with van der Waals surface area (Å²) in [6.07, 6.45) is 0. The molecule has 1 saturated heterocycles. The monoisotopic (exact) mass is 489 g/mol. The van der Waals surface area contributed by atoms with E-state index in [1.54, 1.807) is 0 Å². The lowest BCUT2D eigenvalue weighted by Gasteiger charge is -2.34. The zero-order chi connectivity index (χ0) is 18.8. The highest BCUT2D eigenvalue weighted by Gasteiger charge is 2.22. The smallest absolute Gasteiger partial charge is 0.191 e. The Kier molecular flexibility index (Phi) is 11.2. The van der Waals surface area contributed by atoms with Crippen LogP contribution in [0.15, 0.2) is 35.3 Å². The predicted molar refractivity (Wildman–Crippen MR) is 124 cm³/mol. The van der Waals surface area contributed by atoms with Crippen molar-refractivity contribution < 1.29 is 5.11 Å². The number of aliphatic imine (C=N–C) groups is 1. The van der Waals surface area contributed by atoms with Crippen molar-refractivity contribution >= 4 is 29.9 Å². The van der Waals surface area contributed by atoms with Crippen LogP contribution in [-0.2, 0) is 5.60 Å². The Balaban J connectivity index is 0.00000364. The number of rotatable bonds is 8. The molecule has 1 atom stereocenters. The molecule has 7 heteroatoms. The van der Waals surface area contributed by atoms with E-state index in [9.17, 15) is 5.11 Å². The van der Waals surface area contributed by atoms with Crippen LogP contribution in [0.2, 0.25) is 0 Å². The summed E-state index contributed by atoms with van der Waals surface area (Å²) in [5.41, 5.74) is -0.0894. The number of nitrogens with zero attached hydrogens (tertiary/aromatic N) is 3. The molecule has 2 rings (SSSR count). The molecule has 1 fully saturated rings. The van der Waals surface area contributed by atoms with Gasteiger partial charge in [0.2, 0.25) is 0 Å². The number of nitrogens with one attached hydrogen (secondary N) is 2. The Morgan fingerprint density at radius 3 is 2.30 bits per heavy atom. The maximum Gasteiger partial charge on any atom is 0.191 e. The molecule has 0 saturated carbocycles. The average Bonchev–Trinajstić information content (AvgIpc) is 2.67. The first-order valence-electron chi connectivity index (χ1n) is 9.80. The molecule has 1 aromatic rings. The van der Waals surface area contributed by atoms with Crippen LogP contribution in [0.25, 0.3) is 0 Å². The molecule has 154 valence electrons. The van der Waals surface area contributed by atoms with E-state index in [0.717, 1.165) is 63.9 Å². The lowest BCUT2D eigenvalue weighted by Crippen LogP contribution is -2.49. The van der Waals surface area contributed by atoms with Crippen LogP contribution >= 0.6 is 24.0 Å². The van der Waals surface area contributed by atoms with Gasteiger partial charge in [0.1, 0.15) is 5.60 Å². The summed E-state index contributed by atoms with van der Waals surface area (Å²) in [5, 5.41) is 17.4. The zero-order valence-electron chi connectivity index (χ0n) is 16.9. The Hall–Kier alpha value is -0.900. The second-order valence-corrected chi connectivity index (χ2v) is 7.04. The fraction of sp³-hybridized carbons (Fsp3) is 0.650. The van der Waals surface area contributed by atoms with Gasteiger partial charge in [-0.25, -0.2) is 4.99 Å². The van der Waals surface area contributed by atoms with Gasteiger partial charge in [-0.05, 0) is 26.0 Å². The number of guanidine groups is 1. The topological polar surface area (TPSA) is 63.1 Å². The molecule has 3 N–H and O–H groups in total. The maximum absolute atomic E-state index is 10.7. The second-order valence-electron chi connectivity index (χ2n) is 7.04. The van der Waals surface area contributed by atoms with E-state index >= 15 is 0 Å². The van der Waals surface area contributed by atoms with Crippen molar-refractivity contribution in [1.29, 1.82) is 0 Å². The predicted octanol–water partition coefficient (Wildman–Crippen LogP) is 1.70. The highest BCUT2D eigenvalue weighted by molar-refractivity contribution is 14.0. The Bertz CT molecular complexity index is 545. The Morgan fingerprint density at radius 1 is 1.07 bits per heavy atom. The highest BCUT2D eigenvalue weighted by atomic mass is 127. The van der Waals surface area contributed by atoms with Gasteiger partial charge in [0.15, 0.2) is 5.96 Å². The van der Waals surface area contributed by atoms with E-state index in [-0.39, 0.29) is 24.0 Å².